The van der Waals surface area contributed by atoms with Crippen LogP contribution in [0.4, 0.5) is 0 Å². The molecule has 0 aromatic rings. The van der Waals surface area contributed by atoms with Gasteiger partial charge < -0.3 is 15.7 Å². The monoisotopic (exact) mass is 247 g/mol. The number of nitrogens with one attached hydrogen (secondary N) is 2. The highest BCUT2D eigenvalue weighted by Crippen LogP contribution is 1.91. The first kappa shape index (κ1) is 18.2. The fourth-order valence-electron chi connectivity index (χ4n) is 0.854. The van der Waals surface area contributed by atoms with Crippen LogP contribution in [0.25, 0.3) is 0 Å². The normalized spacial score (nSPS) is 11.2. The lowest BCUT2D eigenvalue weighted by molar-refractivity contribution is -0.129. The number of aliphatic hydroxyl groups excluding tert-OH is 1. The number of amides is 2. The second-order valence-corrected chi connectivity index (χ2v) is 3.76. The van der Waals surface area contributed by atoms with E-state index in [1.54, 1.807) is 19.0 Å². The van der Waals surface area contributed by atoms with E-state index >= 15 is 0 Å². The molecule has 0 aromatic carbocycles. The van der Waals surface area contributed by atoms with Crippen LogP contribution < -0.4 is 10.6 Å². The predicted octanol–water partition coefficient (Wildman–Crippen LogP) is -0.813. The lowest BCUT2D eigenvalue weighted by atomic mass is 10.2. The van der Waals surface area contributed by atoms with Crippen molar-refractivity contribution in [1.29, 1.82) is 0 Å². The Morgan fingerprint density at radius 2 is 1.76 bits per heavy atom. The van der Waals surface area contributed by atoms with Gasteiger partial charge in [-0.15, -0.1) is 0 Å². The molecule has 6 nitrogen and oxygen atoms in total. The Kier molecular flexibility index (Phi) is 12.2. The van der Waals surface area contributed by atoms with E-state index in [-0.39, 0.29) is 25.0 Å². The molecule has 2 amide bonds. The highest BCUT2D eigenvalue weighted by atomic mass is 16.3. The van der Waals surface area contributed by atoms with Crippen LogP contribution in [0.1, 0.15) is 20.3 Å². The van der Waals surface area contributed by atoms with E-state index in [4.69, 9.17) is 5.11 Å². The van der Waals surface area contributed by atoms with Crippen LogP contribution in [0.2, 0.25) is 0 Å². The fraction of sp³-hybridized carbons (Fsp3) is 0.818. The minimum Gasteiger partial charge on any atom is -0.394 e. The van der Waals surface area contributed by atoms with Gasteiger partial charge in [0.25, 0.3) is 0 Å². The molecule has 0 spiro atoms. The molecule has 3 N–H and O–H groups in total. The van der Waals surface area contributed by atoms with Crippen molar-refractivity contribution in [3.05, 3.63) is 0 Å². The van der Waals surface area contributed by atoms with Gasteiger partial charge >= 0.3 is 0 Å². The molecule has 0 bridgehead atoms. The lowest BCUT2D eigenvalue weighted by Gasteiger charge is -2.20. The summed E-state index contributed by atoms with van der Waals surface area (Å²) in [5, 5.41) is 13.7. The summed E-state index contributed by atoms with van der Waals surface area (Å²) in [5.74, 6) is -0.630. The van der Waals surface area contributed by atoms with Gasteiger partial charge in [-0.25, -0.2) is 0 Å². The van der Waals surface area contributed by atoms with Crippen LogP contribution in [0.3, 0.4) is 0 Å². The van der Waals surface area contributed by atoms with Crippen molar-refractivity contribution in [3.8, 4) is 0 Å². The van der Waals surface area contributed by atoms with E-state index in [1.807, 2.05) is 0 Å². The maximum Gasteiger partial charge on any atom is 0.240 e. The highest BCUT2D eigenvalue weighted by Gasteiger charge is 2.19. The first-order valence-corrected chi connectivity index (χ1v) is 5.70. The average molecular weight is 247 g/mol. The molecule has 0 fully saturated rings. The molecule has 0 radical (unpaired) electrons. The van der Waals surface area contributed by atoms with Gasteiger partial charge in [0.15, 0.2) is 0 Å². The Bertz CT molecular complexity index is 220. The standard InChI is InChI=1S/C8H17N3O3.C3H8/c1-9-7(13)4-10-8(14)6(5-12)11(2)3;1-3-2/h6,12H,4-5H2,1-3H3,(H,9,13)(H,10,14);3H2,1-2H3. The van der Waals surface area contributed by atoms with E-state index in [1.165, 1.54) is 13.5 Å². The van der Waals surface area contributed by atoms with Gasteiger partial charge in [0.2, 0.25) is 11.8 Å². The fourth-order valence-corrected chi connectivity index (χ4v) is 0.854. The van der Waals surface area contributed by atoms with Crippen molar-refractivity contribution in [3.63, 3.8) is 0 Å². The number of hydrogen-bond donors (Lipinski definition) is 3. The largest absolute Gasteiger partial charge is 0.394 e. The number of nitrogens with zero attached hydrogens (tertiary/aromatic N) is 1. The highest BCUT2D eigenvalue weighted by molar-refractivity contribution is 5.87. The number of likely N-dealkylation sites (N-methyl/N-ethyl adjacent to an activating group) is 2. The SMILES string of the molecule is CCC.CNC(=O)CNC(=O)C(CO)N(C)C. The van der Waals surface area contributed by atoms with Crippen molar-refractivity contribution in [1.82, 2.24) is 15.5 Å². The molecule has 0 aliphatic carbocycles. The number of carbonyl (C=O) groups excluding carboxylic acids is 2. The predicted molar refractivity (Wildman–Crippen MR) is 67.6 cm³/mol. The molecular weight excluding hydrogens is 222 g/mol. The molecule has 0 aliphatic rings. The smallest absolute Gasteiger partial charge is 0.240 e. The number of aliphatic hydroxyl groups is 1. The zero-order valence-corrected chi connectivity index (χ0v) is 11.4. The Balaban J connectivity index is 0. The molecule has 1 atom stereocenters. The summed E-state index contributed by atoms with van der Waals surface area (Å²) >= 11 is 0. The summed E-state index contributed by atoms with van der Waals surface area (Å²) in [6, 6.07) is -0.611. The van der Waals surface area contributed by atoms with Crippen LogP contribution >= 0.6 is 0 Å². The van der Waals surface area contributed by atoms with Gasteiger partial charge in [-0.1, -0.05) is 20.3 Å². The minimum absolute atomic E-state index is 0.0698. The molecule has 1 unspecified atom stereocenters. The average Bonchev–Trinajstić information content (AvgIpc) is 2.27. The molecule has 17 heavy (non-hydrogen) atoms. The summed E-state index contributed by atoms with van der Waals surface area (Å²) in [4.78, 5) is 23.7. The third-order valence-corrected chi connectivity index (χ3v) is 1.80. The topological polar surface area (TPSA) is 81.7 Å². The van der Waals surface area contributed by atoms with Crippen molar-refractivity contribution < 1.29 is 14.7 Å². The van der Waals surface area contributed by atoms with Crippen molar-refractivity contribution in [2.75, 3.05) is 34.3 Å². The maximum atomic E-state index is 11.3. The molecule has 0 saturated carbocycles. The maximum absolute atomic E-state index is 11.3. The summed E-state index contributed by atoms with van der Waals surface area (Å²) in [5.41, 5.74) is 0. The summed E-state index contributed by atoms with van der Waals surface area (Å²) in [6.45, 7) is 3.91. The molecule has 0 heterocycles. The van der Waals surface area contributed by atoms with E-state index in [2.05, 4.69) is 24.5 Å². The van der Waals surface area contributed by atoms with Gasteiger partial charge in [-0.2, -0.15) is 0 Å². The Morgan fingerprint density at radius 3 is 2.06 bits per heavy atom. The van der Waals surface area contributed by atoms with Crippen molar-refractivity contribution in [2.24, 2.45) is 0 Å². The summed E-state index contributed by atoms with van der Waals surface area (Å²) in [7, 11) is 4.85. The first-order chi connectivity index (χ1) is 7.94. The van der Waals surface area contributed by atoms with Crippen molar-refractivity contribution in [2.45, 2.75) is 26.3 Å². The zero-order chi connectivity index (χ0) is 13.8. The zero-order valence-electron chi connectivity index (χ0n) is 11.4. The summed E-state index contributed by atoms with van der Waals surface area (Å²) in [6.07, 6.45) is 1.25. The van der Waals surface area contributed by atoms with Gasteiger partial charge in [0.1, 0.15) is 6.04 Å². The number of hydrogen-bond acceptors (Lipinski definition) is 4. The number of rotatable bonds is 5. The molecule has 6 heteroatoms. The molecular formula is C11H25N3O3. The molecule has 102 valence electrons. The molecule has 0 aliphatic heterocycles. The van der Waals surface area contributed by atoms with E-state index in [0.29, 0.717) is 0 Å². The van der Waals surface area contributed by atoms with Gasteiger partial charge in [-0.3, -0.25) is 14.5 Å². The Hall–Kier alpha value is -1.14. The van der Waals surface area contributed by atoms with Crippen LogP contribution in [0.5, 0.6) is 0 Å². The minimum atomic E-state index is -0.611. The Morgan fingerprint density at radius 1 is 1.29 bits per heavy atom. The summed E-state index contributed by atoms with van der Waals surface area (Å²) < 4.78 is 0. The van der Waals surface area contributed by atoms with E-state index in [0.717, 1.165) is 0 Å². The molecule has 0 aromatic heterocycles. The third-order valence-electron chi connectivity index (χ3n) is 1.80. The van der Waals surface area contributed by atoms with Gasteiger partial charge in [0, 0.05) is 7.05 Å². The van der Waals surface area contributed by atoms with Crippen LogP contribution in [-0.2, 0) is 9.59 Å². The molecule has 0 rings (SSSR count). The molecule has 0 saturated heterocycles. The van der Waals surface area contributed by atoms with Gasteiger partial charge in [0.05, 0.1) is 13.2 Å². The Labute approximate surface area is 103 Å². The first-order valence-electron chi connectivity index (χ1n) is 5.70. The second-order valence-electron chi connectivity index (χ2n) is 3.76. The lowest BCUT2D eigenvalue weighted by Crippen LogP contribution is -2.48. The second kappa shape index (κ2) is 11.3. The van der Waals surface area contributed by atoms with Crippen molar-refractivity contribution >= 4 is 11.8 Å². The third kappa shape index (κ3) is 9.77. The van der Waals surface area contributed by atoms with Crippen LogP contribution in [-0.4, -0.2) is 62.2 Å². The quantitative estimate of drug-likeness (QED) is 0.593. The van der Waals surface area contributed by atoms with Gasteiger partial charge in [-0.05, 0) is 14.1 Å². The number of carbonyl (C=O) groups is 2. The van der Waals surface area contributed by atoms with E-state index in [9.17, 15) is 9.59 Å². The van der Waals surface area contributed by atoms with Crippen LogP contribution in [0.15, 0.2) is 0 Å². The van der Waals surface area contributed by atoms with Crippen LogP contribution in [0, 0.1) is 0 Å². The van der Waals surface area contributed by atoms with E-state index < -0.39 is 6.04 Å².